The molecule has 5 heteroatoms. The molecule has 0 fully saturated rings. The highest BCUT2D eigenvalue weighted by Crippen LogP contribution is 2.27. The van der Waals surface area contributed by atoms with Gasteiger partial charge in [0.25, 0.3) is 0 Å². The Morgan fingerprint density at radius 3 is 2.70 bits per heavy atom. The second kappa shape index (κ2) is 4.74. The van der Waals surface area contributed by atoms with E-state index in [1.54, 1.807) is 12.4 Å². The van der Waals surface area contributed by atoms with Crippen molar-refractivity contribution < 1.29 is 0 Å². The van der Waals surface area contributed by atoms with Crippen LogP contribution < -0.4 is 0 Å². The molecule has 3 aromatic heterocycles. The minimum atomic E-state index is 0.0591. The summed E-state index contributed by atoms with van der Waals surface area (Å²) in [5, 5.41) is 8.79. The number of fused-ring (bicyclic) bond motifs is 1. The average Bonchev–Trinajstić information content (AvgIpc) is 3.14. The van der Waals surface area contributed by atoms with Crippen LogP contribution in [0.15, 0.2) is 37.1 Å². The molecule has 0 N–H and O–H groups in total. The van der Waals surface area contributed by atoms with Crippen molar-refractivity contribution >= 4 is 5.52 Å². The summed E-state index contributed by atoms with van der Waals surface area (Å²) >= 11 is 0. The number of hydrogen-bond acceptors (Lipinski definition) is 3. The van der Waals surface area contributed by atoms with Crippen LogP contribution in [0.25, 0.3) is 16.8 Å². The number of aromatic nitrogens is 5. The van der Waals surface area contributed by atoms with E-state index in [1.807, 2.05) is 23.0 Å². The molecule has 3 rings (SSSR count). The molecule has 0 aliphatic rings. The maximum Gasteiger partial charge on any atom is 0.0991 e. The van der Waals surface area contributed by atoms with Gasteiger partial charge in [-0.25, -0.2) is 4.52 Å². The summed E-state index contributed by atoms with van der Waals surface area (Å²) in [6.45, 7) is 6.62. The molecule has 0 unspecified atom stereocenters. The molecular weight excluding hydrogens is 250 g/mol. The Balaban J connectivity index is 2.08. The lowest BCUT2D eigenvalue weighted by Crippen LogP contribution is -2.28. The van der Waals surface area contributed by atoms with E-state index < -0.39 is 0 Å². The van der Waals surface area contributed by atoms with E-state index in [0.717, 1.165) is 29.6 Å². The van der Waals surface area contributed by atoms with Crippen LogP contribution in [-0.2, 0) is 5.54 Å². The summed E-state index contributed by atoms with van der Waals surface area (Å²) in [4.78, 5) is 4.48. The Morgan fingerprint density at radius 1 is 1.15 bits per heavy atom. The van der Waals surface area contributed by atoms with E-state index in [0.29, 0.717) is 0 Å². The van der Waals surface area contributed by atoms with Crippen molar-refractivity contribution in [2.24, 2.45) is 0 Å². The molecular formula is C15H19N5. The van der Waals surface area contributed by atoms with Crippen molar-refractivity contribution in [3.63, 3.8) is 0 Å². The highest BCUT2D eigenvalue weighted by atomic mass is 15.3. The van der Waals surface area contributed by atoms with Gasteiger partial charge in [-0.15, -0.1) is 0 Å². The monoisotopic (exact) mass is 269 g/mol. The quantitative estimate of drug-likeness (QED) is 0.731. The van der Waals surface area contributed by atoms with Crippen molar-refractivity contribution in [1.82, 2.24) is 24.4 Å². The van der Waals surface area contributed by atoms with Crippen LogP contribution in [0.1, 0.15) is 33.6 Å². The lowest BCUT2D eigenvalue weighted by atomic mass is 9.96. The first-order chi connectivity index (χ1) is 9.68. The van der Waals surface area contributed by atoms with Gasteiger partial charge in [0, 0.05) is 24.2 Å². The van der Waals surface area contributed by atoms with E-state index in [2.05, 4.69) is 46.8 Å². The number of hydrogen-bond donors (Lipinski definition) is 0. The third-order valence-corrected chi connectivity index (χ3v) is 4.26. The second-order valence-electron chi connectivity index (χ2n) is 5.31. The first kappa shape index (κ1) is 12.8. The second-order valence-corrected chi connectivity index (χ2v) is 5.31. The maximum absolute atomic E-state index is 4.54. The van der Waals surface area contributed by atoms with Crippen molar-refractivity contribution in [2.45, 2.75) is 39.2 Å². The topological polar surface area (TPSA) is 48.0 Å². The minimum absolute atomic E-state index is 0.0591. The van der Waals surface area contributed by atoms with Gasteiger partial charge in [-0.1, -0.05) is 13.8 Å². The molecule has 0 bridgehead atoms. The molecule has 0 amide bonds. The maximum atomic E-state index is 4.54. The van der Waals surface area contributed by atoms with Crippen LogP contribution in [0.5, 0.6) is 0 Å². The molecule has 5 nitrogen and oxygen atoms in total. The van der Waals surface area contributed by atoms with Gasteiger partial charge in [0.05, 0.1) is 29.1 Å². The lowest BCUT2D eigenvalue weighted by Gasteiger charge is -2.27. The van der Waals surface area contributed by atoms with Gasteiger partial charge in [0.15, 0.2) is 0 Å². The zero-order valence-corrected chi connectivity index (χ0v) is 12.1. The van der Waals surface area contributed by atoms with Gasteiger partial charge in [-0.05, 0) is 25.8 Å². The Labute approximate surface area is 118 Å². The Bertz CT molecular complexity index is 721. The molecule has 0 aromatic carbocycles. The average molecular weight is 269 g/mol. The van der Waals surface area contributed by atoms with Crippen LogP contribution in [0.4, 0.5) is 0 Å². The summed E-state index contributed by atoms with van der Waals surface area (Å²) in [6, 6.07) is 1.97. The van der Waals surface area contributed by atoms with Crippen molar-refractivity contribution in [3.8, 4) is 11.3 Å². The molecule has 0 aliphatic carbocycles. The smallest absolute Gasteiger partial charge is 0.0991 e. The highest BCUT2D eigenvalue weighted by molar-refractivity contribution is 5.75. The lowest BCUT2D eigenvalue weighted by molar-refractivity contribution is 0.265. The molecule has 0 spiro atoms. The first-order valence-corrected chi connectivity index (χ1v) is 7.02. The Hall–Kier alpha value is -2.17. The minimum Gasteiger partial charge on any atom is -0.266 e. The molecule has 0 saturated carbocycles. The summed E-state index contributed by atoms with van der Waals surface area (Å²) < 4.78 is 3.89. The highest BCUT2D eigenvalue weighted by Gasteiger charge is 2.23. The largest absolute Gasteiger partial charge is 0.266 e. The van der Waals surface area contributed by atoms with Crippen LogP contribution in [0.2, 0.25) is 0 Å². The van der Waals surface area contributed by atoms with Gasteiger partial charge in [-0.3, -0.25) is 9.67 Å². The van der Waals surface area contributed by atoms with Gasteiger partial charge < -0.3 is 0 Å². The SMILES string of the molecule is CCC(C)(CC)n1cc(-c2nccn3nccc23)cn1. The number of nitrogens with zero attached hydrogens (tertiary/aromatic N) is 5. The molecule has 20 heavy (non-hydrogen) atoms. The van der Waals surface area contributed by atoms with Crippen molar-refractivity contribution in [1.29, 1.82) is 0 Å². The van der Waals surface area contributed by atoms with E-state index in [4.69, 9.17) is 0 Å². The van der Waals surface area contributed by atoms with Crippen LogP contribution in [0.3, 0.4) is 0 Å². The standard InChI is InChI=1S/C15H19N5/c1-4-15(3,5-2)20-11-12(10-18-20)14-13-6-7-17-19(13)9-8-16-14/h6-11H,4-5H2,1-3H3. The molecule has 0 aliphatic heterocycles. The molecule has 0 radical (unpaired) electrons. The van der Waals surface area contributed by atoms with E-state index in [9.17, 15) is 0 Å². The predicted octanol–water partition coefficient (Wildman–Crippen LogP) is 3.13. The Kier molecular flexibility index (Phi) is 3.04. The van der Waals surface area contributed by atoms with Gasteiger partial charge >= 0.3 is 0 Å². The molecule has 0 saturated heterocycles. The zero-order valence-electron chi connectivity index (χ0n) is 12.1. The number of rotatable bonds is 4. The Morgan fingerprint density at radius 2 is 1.95 bits per heavy atom. The fourth-order valence-electron chi connectivity index (χ4n) is 2.39. The zero-order chi connectivity index (χ0) is 14.2. The first-order valence-electron chi connectivity index (χ1n) is 7.02. The van der Waals surface area contributed by atoms with Crippen molar-refractivity contribution in [3.05, 3.63) is 37.1 Å². The molecule has 3 aromatic rings. The molecule has 104 valence electrons. The van der Waals surface area contributed by atoms with E-state index in [-0.39, 0.29) is 5.54 Å². The van der Waals surface area contributed by atoms with Crippen molar-refractivity contribution in [2.75, 3.05) is 0 Å². The van der Waals surface area contributed by atoms with E-state index >= 15 is 0 Å². The third-order valence-electron chi connectivity index (χ3n) is 4.26. The third kappa shape index (κ3) is 1.90. The summed E-state index contributed by atoms with van der Waals surface area (Å²) in [6.07, 6.45) is 11.5. The predicted molar refractivity (Wildman–Crippen MR) is 78.4 cm³/mol. The fraction of sp³-hybridized carbons (Fsp3) is 0.400. The van der Waals surface area contributed by atoms with Crippen LogP contribution in [0, 0.1) is 0 Å². The molecule has 0 atom stereocenters. The van der Waals surface area contributed by atoms with Gasteiger partial charge in [-0.2, -0.15) is 10.2 Å². The summed E-state index contributed by atoms with van der Waals surface area (Å²) in [5.74, 6) is 0. The normalized spacial score (nSPS) is 12.2. The van der Waals surface area contributed by atoms with Gasteiger partial charge in [0.2, 0.25) is 0 Å². The van der Waals surface area contributed by atoms with Crippen LogP contribution >= 0.6 is 0 Å². The van der Waals surface area contributed by atoms with E-state index in [1.165, 1.54) is 0 Å². The van der Waals surface area contributed by atoms with Crippen LogP contribution in [-0.4, -0.2) is 24.4 Å². The fourth-order valence-corrected chi connectivity index (χ4v) is 2.39. The summed E-state index contributed by atoms with van der Waals surface area (Å²) in [7, 11) is 0. The molecule has 3 heterocycles. The van der Waals surface area contributed by atoms with Gasteiger partial charge in [0.1, 0.15) is 0 Å². The summed E-state index contributed by atoms with van der Waals surface area (Å²) in [5.41, 5.74) is 3.01.